The summed E-state index contributed by atoms with van der Waals surface area (Å²) >= 11 is 1.61. The highest BCUT2D eigenvalue weighted by Crippen LogP contribution is 2.37. The van der Waals surface area contributed by atoms with Crippen LogP contribution in [0.3, 0.4) is 0 Å². The summed E-state index contributed by atoms with van der Waals surface area (Å²) in [6, 6.07) is 7.82. The van der Waals surface area contributed by atoms with E-state index in [1.165, 1.54) is 0 Å². The highest BCUT2D eigenvalue weighted by Gasteiger charge is 2.51. The molecule has 1 fully saturated rings. The Bertz CT molecular complexity index is 1150. The third-order valence-corrected chi connectivity index (χ3v) is 7.71. The molecule has 0 radical (unpaired) electrons. The molecule has 3 unspecified atom stereocenters. The Morgan fingerprint density at radius 1 is 1.24 bits per heavy atom. The number of hydrogen-bond donors (Lipinski definition) is 1. The first-order valence-electron chi connectivity index (χ1n) is 11.5. The minimum Gasteiger partial charge on any atom is -0.493 e. The number of carbonyl (C=O) groups is 1. The molecule has 0 aliphatic carbocycles. The van der Waals surface area contributed by atoms with Crippen LogP contribution in [-0.4, -0.2) is 54.9 Å². The van der Waals surface area contributed by atoms with Crippen LogP contribution in [0.4, 0.5) is 5.95 Å². The van der Waals surface area contributed by atoms with E-state index in [0.29, 0.717) is 43.6 Å². The van der Waals surface area contributed by atoms with Crippen LogP contribution in [0.15, 0.2) is 35.8 Å². The Balaban J connectivity index is 1.58. The topological polar surface area (TPSA) is 85.8 Å². The van der Waals surface area contributed by atoms with E-state index in [0.717, 1.165) is 15.8 Å². The van der Waals surface area contributed by atoms with Gasteiger partial charge in [-0.2, -0.15) is 0 Å². The number of aromatic nitrogens is 2. The SMILES string of the molecule is CCOC(=O)C1(NCc2ccc(OC)c(OC)c2)CCN(c2ncc3ccsc3n2)C(C)C1C. The Morgan fingerprint density at radius 2 is 2.03 bits per heavy atom. The third kappa shape index (κ3) is 4.42. The van der Waals surface area contributed by atoms with Crippen LogP contribution in [0.25, 0.3) is 10.2 Å². The molecule has 1 aliphatic heterocycles. The van der Waals surface area contributed by atoms with Gasteiger partial charge in [0.05, 0.1) is 20.8 Å². The molecule has 0 amide bonds. The van der Waals surface area contributed by atoms with Gasteiger partial charge >= 0.3 is 5.97 Å². The van der Waals surface area contributed by atoms with Crippen LogP contribution in [-0.2, 0) is 16.1 Å². The van der Waals surface area contributed by atoms with Crippen molar-refractivity contribution in [1.29, 1.82) is 0 Å². The molecule has 2 aromatic heterocycles. The molecular weight excluding hydrogens is 452 g/mol. The first-order valence-corrected chi connectivity index (χ1v) is 12.4. The van der Waals surface area contributed by atoms with E-state index in [1.54, 1.807) is 25.6 Å². The zero-order valence-electron chi connectivity index (χ0n) is 20.3. The number of nitrogens with zero attached hydrogens (tertiary/aromatic N) is 3. The second-order valence-corrected chi connectivity index (χ2v) is 9.45. The number of methoxy groups -OCH3 is 2. The van der Waals surface area contributed by atoms with E-state index in [9.17, 15) is 4.79 Å². The lowest BCUT2D eigenvalue weighted by Crippen LogP contribution is -2.66. The molecule has 3 atom stereocenters. The number of piperidine rings is 1. The summed E-state index contributed by atoms with van der Waals surface area (Å²) in [5, 5.41) is 6.63. The molecule has 4 rings (SSSR count). The van der Waals surface area contributed by atoms with Crippen molar-refractivity contribution in [3.8, 4) is 11.5 Å². The fraction of sp³-hybridized carbons (Fsp3) is 0.480. The van der Waals surface area contributed by atoms with Crippen molar-refractivity contribution in [2.75, 3.05) is 32.3 Å². The number of esters is 1. The summed E-state index contributed by atoms with van der Waals surface area (Å²) in [4.78, 5) is 25.9. The maximum absolute atomic E-state index is 13.3. The highest BCUT2D eigenvalue weighted by atomic mass is 32.1. The third-order valence-electron chi connectivity index (χ3n) is 6.89. The van der Waals surface area contributed by atoms with Gasteiger partial charge in [-0.3, -0.25) is 10.1 Å². The average Bonchev–Trinajstić information content (AvgIpc) is 3.33. The molecule has 1 saturated heterocycles. The zero-order valence-corrected chi connectivity index (χ0v) is 21.1. The van der Waals surface area contributed by atoms with Gasteiger partial charge in [0.1, 0.15) is 10.4 Å². The monoisotopic (exact) mass is 484 g/mol. The van der Waals surface area contributed by atoms with Gasteiger partial charge in [0.25, 0.3) is 0 Å². The second-order valence-electron chi connectivity index (χ2n) is 8.56. The Morgan fingerprint density at radius 3 is 2.76 bits per heavy atom. The molecule has 1 N–H and O–H groups in total. The van der Waals surface area contributed by atoms with Crippen LogP contribution in [0.5, 0.6) is 11.5 Å². The molecule has 9 heteroatoms. The lowest BCUT2D eigenvalue weighted by atomic mass is 9.74. The maximum atomic E-state index is 13.3. The van der Waals surface area contributed by atoms with Gasteiger partial charge in [-0.05, 0) is 49.4 Å². The number of carbonyl (C=O) groups excluding carboxylic acids is 1. The van der Waals surface area contributed by atoms with E-state index in [-0.39, 0.29) is 17.9 Å². The van der Waals surface area contributed by atoms with Crippen LogP contribution >= 0.6 is 11.3 Å². The summed E-state index contributed by atoms with van der Waals surface area (Å²) in [6.07, 6.45) is 2.45. The van der Waals surface area contributed by atoms with Gasteiger partial charge < -0.3 is 19.1 Å². The van der Waals surface area contributed by atoms with Crippen LogP contribution < -0.4 is 19.7 Å². The smallest absolute Gasteiger partial charge is 0.326 e. The molecule has 0 spiro atoms. The molecule has 3 heterocycles. The summed E-state index contributed by atoms with van der Waals surface area (Å²) in [5.41, 5.74) is 0.168. The van der Waals surface area contributed by atoms with Crippen molar-refractivity contribution >= 4 is 33.5 Å². The fourth-order valence-corrected chi connectivity index (χ4v) is 5.43. The molecule has 1 aliphatic rings. The number of hydrogen-bond acceptors (Lipinski definition) is 9. The molecule has 8 nitrogen and oxygen atoms in total. The van der Waals surface area contributed by atoms with Crippen molar-refractivity contribution in [3.63, 3.8) is 0 Å². The van der Waals surface area contributed by atoms with E-state index < -0.39 is 5.54 Å². The number of anilines is 1. The van der Waals surface area contributed by atoms with Crippen molar-refractivity contribution < 1.29 is 19.0 Å². The first-order chi connectivity index (χ1) is 16.4. The summed E-state index contributed by atoms with van der Waals surface area (Å²) in [6.45, 7) is 7.53. The molecule has 1 aromatic carbocycles. The minimum absolute atomic E-state index is 0.0217. The predicted molar refractivity (Wildman–Crippen MR) is 134 cm³/mol. The predicted octanol–water partition coefficient (Wildman–Crippen LogP) is 4.03. The van der Waals surface area contributed by atoms with E-state index in [2.05, 4.69) is 29.0 Å². The Kier molecular flexibility index (Phi) is 7.23. The highest BCUT2D eigenvalue weighted by molar-refractivity contribution is 7.16. The van der Waals surface area contributed by atoms with Crippen molar-refractivity contribution in [1.82, 2.24) is 15.3 Å². The number of ether oxygens (including phenoxy) is 3. The lowest BCUT2D eigenvalue weighted by molar-refractivity contribution is -0.155. The summed E-state index contributed by atoms with van der Waals surface area (Å²) in [5.74, 6) is 1.76. The molecule has 0 bridgehead atoms. The Labute approximate surface area is 204 Å². The van der Waals surface area contributed by atoms with Crippen LogP contribution in [0.2, 0.25) is 0 Å². The number of benzene rings is 1. The minimum atomic E-state index is -0.827. The van der Waals surface area contributed by atoms with Crippen LogP contribution in [0, 0.1) is 5.92 Å². The molecular formula is C25H32N4O4S. The maximum Gasteiger partial charge on any atom is 0.326 e. The van der Waals surface area contributed by atoms with E-state index in [4.69, 9.17) is 19.2 Å². The molecule has 0 saturated carbocycles. The second kappa shape index (κ2) is 10.1. The molecule has 34 heavy (non-hydrogen) atoms. The molecule has 3 aromatic rings. The summed E-state index contributed by atoms with van der Waals surface area (Å²) in [7, 11) is 3.23. The number of thiophene rings is 1. The average molecular weight is 485 g/mol. The zero-order chi connectivity index (χ0) is 24.3. The number of rotatable bonds is 8. The van der Waals surface area contributed by atoms with Gasteiger partial charge in [-0.25, -0.2) is 9.97 Å². The van der Waals surface area contributed by atoms with E-state index in [1.807, 2.05) is 42.8 Å². The first kappa shape index (κ1) is 24.2. The normalized spacial score (nSPS) is 22.6. The van der Waals surface area contributed by atoms with Gasteiger partial charge in [0, 0.05) is 36.6 Å². The van der Waals surface area contributed by atoms with Gasteiger partial charge in [0.15, 0.2) is 11.5 Å². The van der Waals surface area contributed by atoms with E-state index >= 15 is 0 Å². The largest absolute Gasteiger partial charge is 0.493 e. The quantitative estimate of drug-likeness (QED) is 0.480. The van der Waals surface area contributed by atoms with Gasteiger partial charge in [-0.15, -0.1) is 11.3 Å². The Hall–Kier alpha value is -2.91. The lowest BCUT2D eigenvalue weighted by Gasteiger charge is -2.49. The van der Waals surface area contributed by atoms with Gasteiger partial charge in [-0.1, -0.05) is 13.0 Å². The van der Waals surface area contributed by atoms with Crippen molar-refractivity contribution in [2.24, 2.45) is 5.92 Å². The number of nitrogens with one attached hydrogen (secondary N) is 1. The van der Waals surface area contributed by atoms with Crippen molar-refractivity contribution in [3.05, 3.63) is 41.4 Å². The molecule has 182 valence electrons. The number of fused-ring (bicyclic) bond motifs is 1. The van der Waals surface area contributed by atoms with Crippen molar-refractivity contribution in [2.45, 2.75) is 45.3 Å². The van der Waals surface area contributed by atoms with Gasteiger partial charge in [0.2, 0.25) is 5.95 Å². The standard InChI is InChI=1S/C25H32N4O4S/c1-6-33-23(30)25(27-14-18-7-8-20(31-4)21(13-18)32-5)10-11-29(17(3)16(25)2)24-26-15-19-9-12-34-22(19)28-24/h7-9,12-13,15-17,27H,6,10-11,14H2,1-5H3. The summed E-state index contributed by atoms with van der Waals surface area (Å²) < 4.78 is 16.4. The van der Waals surface area contributed by atoms with Crippen LogP contribution in [0.1, 0.15) is 32.8 Å². The fourth-order valence-electron chi connectivity index (χ4n) is 4.70.